The summed E-state index contributed by atoms with van der Waals surface area (Å²) in [6.07, 6.45) is 3.91. The van der Waals surface area contributed by atoms with Crippen LogP contribution in [0.3, 0.4) is 0 Å². The van der Waals surface area contributed by atoms with Crippen molar-refractivity contribution in [2.24, 2.45) is 11.7 Å². The molecule has 0 bridgehead atoms. The molecule has 0 heterocycles. The molecule has 0 aromatic heterocycles. The number of hydrogen-bond donors (Lipinski definition) is 1. The second-order valence-corrected chi connectivity index (χ2v) is 6.26. The van der Waals surface area contributed by atoms with Crippen molar-refractivity contribution in [3.05, 3.63) is 29.8 Å². The maximum absolute atomic E-state index is 6.42. The van der Waals surface area contributed by atoms with E-state index < -0.39 is 0 Å². The van der Waals surface area contributed by atoms with Crippen molar-refractivity contribution in [1.29, 1.82) is 0 Å². The summed E-state index contributed by atoms with van der Waals surface area (Å²) in [5.74, 6) is 1.65. The second kappa shape index (κ2) is 7.09. The molecular formula is C17H28N2O. The van der Waals surface area contributed by atoms with E-state index in [-0.39, 0.29) is 6.04 Å². The minimum atomic E-state index is 0.0268. The second-order valence-electron chi connectivity index (χ2n) is 6.26. The summed E-state index contributed by atoms with van der Waals surface area (Å²) in [5.41, 5.74) is 7.54. The summed E-state index contributed by atoms with van der Waals surface area (Å²) in [4.78, 5) is 2.57. The Hall–Kier alpha value is -1.06. The van der Waals surface area contributed by atoms with Gasteiger partial charge in [0.1, 0.15) is 5.75 Å². The van der Waals surface area contributed by atoms with E-state index in [1.54, 1.807) is 7.11 Å². The Morgan fingerprint density at radius 1 is 1.30 bits per heavy atom. The van der Waals surface area contributed by atoms with Gasteiger partial charge in [0.25, 0.3) is 0 Å². The monoisotopic (exact) mass is 276 g/mol. The van der Waals surface area contributed by atoms with E-state index in [4.69, 9.17) is 10.5 Å². The van der Waals surface area contributed by atoms with E-state index in [0.717, 1.165) is 36.4 Å². The molecule has 0 spiro atoms. The highest BCUT2D eigenvalue weighted by molar-refractivity contribution is 5.35. The maximum atomic E-state index is 6.42. The zero-order chi connectivity index (χ0) is 14.5. The molecule has 0 aliphatic heterocycles. The first-order valence-corrected chi connectivity index (χ1v) is 7.74. The lowest BCUT2D eigenvalue weighted by atomic mass is 10.0. The number of methoxy groups -OCH3 is 1. The summed E-state index contributed by atoms with van der Waals surface area (Å²) in [5, 5.41) is 0. The van der Waals surface area contributed by atoms with Gasteiger partial charge in [-0.1, -0.05) is 32.0 Å². The van der Waals surface area contributed by atoms with Crippen LogP contribution >= 0.6 is 0 Å². The third-order valence-electron chi connectivity index (χ3n) is 4.03. The fraction of sp³-hybridized carbons (Fsp3) is 0.647. The van der Waals surface area contributed by atoms with Crippen LogP contribution in [-0.4, -0.2) is 31.1 Å². The first kappa shape index (κ1) is 15.3. The molecule has 0 amide bonds. The summed E-state index contributed by atoms with van der Waals surface area (Å²) in [7, 11) is 1.71. The minimum absolute atomic E-state index is 0.0268. The number of nitrogens with two attached hydrogens (primary N) is 1. The van der Waals surface area contributed by atoms with Gasteiger partial charge in [-0.2, -0.15) is 0 Å². The molecule has 1 aliphatic rings. The molecule has 1 fully saturated rings. The van der Waals surface area contributed by atoms with Gasteiger partial charge >= 0.3 is 0 Å². The van der Waals surface area contributed by atoms with Crippen molar-refractivity contribution in [3.63, 3.8) is 0 Å². The fourth-order valence-corrected chi connectivity index (χ4v) is 2.61. The van der Waals surface area contributed by atoms with Crippen LogP contribution in [0, 0.1) is 5.92 Å². The molecule has 1 unspecified atom stereocenters. The molecule has 2 N–H and O–H groups in total. The lowest BCUT2D eigenvalue weighted by Gasteiger charge is -2.27. The van der Waals surface area contributed by atoms with E-state index in [2.05, 4.69) is 24.8 Å². The number of para-hydroxylation sites is 1. The molecule has 0 saturated heterocycles. The first-order chi connectivity index (χ1) is 9.61. The van der Waals surface area contributed by atoms with Gasteiger partial charge in [-0.15, -0.1) is 0 Å². The maximum Gasteiger partial charge on any atom is 0.123 e. The van der Waals surface area contributed by atoms with E-state index in [1.165, 1.54) is 19.3 Å². The van der Waals surface area contributed by atoms with Crippen LogP contribution in [0.2, 0.25) is 0 Å². The van der Waals surface area contributed by atoms with E-state index in [1.807, 2.05) is 18.2 Å². The molecule has 1 aromatic rings. The normalized spacial score (nSPS) is 16.7. The van der Waals surface area contributed by atoms with E-state index in [9.17, 15) is 0 Å². The van der Waals surface area contributed by atoms with Crippen LogP contribution in [-0.2, 0) is 0 Å². The topological polar surface area (TPSA) is 38.5 Å². The molecule has 112 valence electrons. The Bertz CT molecular complexity index is 415. The third-order valence-corrected chi connectivity index (χ3v) is 4.03. The summed E-state index contributed by atoms with van der Waals surface area (Å²) < 4.78 is 5.42. The summed E-state index contributed by atoms with van der Waals surface area (Å²) in [6, 6.07) is 8.88. The van der Waals surface area contributed by atoms with Crippen LogP contribution in [0.15, 0.2) is 24.3 Å². The standard InChI is InChI=1S/C17H28N2O/c1-13(2)10-11-19(14-8-9-14)12-16(18)15-6-4-5-7-17(15)20-3/h4-7,13-14,16H,8-12,18H2,1-3H3. The van der Waals surface area contributed by atoms with Crippen molar-refractivity contribution in [1.82, 2.24) is 4.90 Å². The van der Waals surface area contributed by atoms with Gasteiger partial charge in [-0.25, -0.2) is 0 Å². The van der Waals surface area contributed by atoms with Crippen LogP contribution in [0.25, 0.3) is 0 Å². The third kappa shape index (κ3) is 4.22. The Morgan fingerprint density at radius 2 is 2.00 bits per heavy atom. The van der Waals surface area contributed by atoms with Crippen LogP contribution < -0.4 is 10.5 Å². The molecule has 0 radical (unpaired) electrons. The van der Waals surface area contributed by atoms with E-state index >= 15 is 0 Å². The Morgan fingerprint density at radius 3 is 2.60 bits per heavy atom. The predicted octanol–water partition coefficient (Wildman–Crippen LogP) is 3.21. The van der Waals surface area contributed by atoms with Crippen LogP contribution in [0.5, 0.6) is 5.75 Å². The average molecular weight is 276 g/mol. The average Bonchev–Trinajstić information content (AvgIpc) is 3.27. The van der Waals surface area contributed by atoms with Gasteiger partial charge in [0, 0.05) is 24.2 Å². The van der Waals surface area contributed by atoms with Crippen molar-refractivity contribution >= 4 is 0 Å². The molecule has 3 nitrogen and oxygen atoms in total. The van der Waals surface area contributed by atoms with Gasteiger partial charge in [0.15, 0.2) is 0 Å². The predicted molar refractivity (Wildman–Crippen MR) is 84.0 cm³/mol. The zero-order valence-corrected chi connectivity index (χ0v) is 13.0. The van der Waals surface area contributed by atoms with Crippen molar-refractivity contribution in [2.45, 2.75) is 45.2 Å². The molecule has 20 heavy (non-hydrogen) atoms. The smallest absolute Gasteiger partial charge is 0.123 e. The van der Waals surface area contributed by atoms with Gasteiger partial charge in [-0.3, -0.25) is 4.90 Å². The minimum Gasteiger partial charge on any atom is -0.496 e. The lowest BCUT2D eigenvalue weighted by Crippen LogP contribution is -2.35. The molecule has 1 saturated carbocycles. The van der Waals surface area contributed by atoms with Gasteiger partial charge < -0.3 is 10.5 Å². The fourth-order valence-electron chi connectivity index (χ4n) is 2.61. The summed E-state index contributed by atoms with van der Waals surface area (Å²) in [6.45, 7) is 6.65. The van der Waals surface area contributed by atoms with Gasteiger partial charge in [0.2, 0.25) is 0 Å². The van der Waals surface area contributed by atoms with Crippen LogP contribution in [0.4, 0.5) is 0 Å². The number of rotatable bonds is 8. The SMILES string of the molecule is COc1ccccc1C(N)CN(CCC(C)C)C1CC1. The van der Waals surface area contributed by atoms with Crippen molar-refractivity contribution in [2.75, 3.05) is 20.2 Å². The van der Waals surface area contributed by atoms with Crippen LogP contribution in [0.1, 0.15) is 44.7 Å². The zero-order valence-electron chi connectivity index (χ0n) is 13.0. The quantitative estimate of drug-likeness (QED) is 0.792. The highest BCUT2D eigenvalue weighted by atomic mass is 16.5. The Balaban J connectivity index is 1.98. The molecular weight excluding hydrogens is 248 g/mol. The number of nitrogens with zero attached hydrogens (tertiary/aromatic N) is 1. The van der Waals surface area contributed by atoms with E-state index in [0.29, 0.717) is 0 Å². The summed E-state index contributed by atoms with van der Waals surface area (Å²) >= 11 is 0. The highest BCUT2D eigenvalue weighted by Crippen LogP contribution is 2.30. The molecule has 3 heteroatoms. The number of ether oxygens (including phenoxy) is 1. The highest BCUT2D eigenvalue weighted by Gasteiger charge is 2.30. The van der Waals surface area contributed by atoms with Crippen molar-refractivity contribution < 1.29 is 4.74 Å². The van der Waals surface area contributed by atoms with Gasteiger partial charge in [0.05, 0.1) is 7.11 Å². The Kier molecular flexibility index (Phi) is 5.44. The Labute approximate surface area is 123 Å². The molecule has 1 atom stereocenters. The largest absolute Gasteiger partial charge is 0.496 e. The lowest BCUT2D eigenvalue weighted by molar-refractivity contribution is 0.232. The van der Waals surface area contributed by atoms with Gasteiger partial charge in [-0.05, 0) is 37.8 Å². The molecule has 1 aliphatic carbocycles. The molecule has 2 rings (SSSR count). The number of benzene rings is 1. The number of hydrogen-bond acceptors (Lipinski definition) is 3. The first-order valence-electron chi connectivity index (χ1n) is 7.74. The molecule has 1 aromatic carbocycles. The van der Waals surface area contributed by atoms with Crippen molar-refractivity contribution in [3.8, 4) is 5.75 Å².